The molecule has 0 atom stereocenters. The first-order chi connectivity index (χ1) is 8.63. The summed E-state index contributed by atoms with van der Waals surface area (Å²) in [5.74, 6) is 0.669. The van der Waals surface area contributed by atoms with Crippen molar-refractivity contribution >= 4 is 27.5 Å². The Bertz CT molecular complexity index is 436. The largest absolute Gasteiger partial charge is 0.378 e. The van der Waals surface area contributed by atoms with Crippen molar-refractivity contribution in [3.8, 4) is 0 Å². The van der Waals surface area contributed by atoms with Gasteiger partial charge in [-0.05, 0) is 41.6 Å². The van der Waals surface area contributed by atoms with Crippen molar-refractivity contribution in [2.24, 2.45) is 0 Å². The third-order valence-corrected chi connectivity index (χ3v) is 4.70. The first kappa shape index (κ1) is 14.2. The van der Waals surface area contributed by atoms with Crippen molar-refractivity contribution in [1.82, 2.24) is 9.97 Å². The Hall–Kier alpha value is -0.230. The fraction of sp³-hybridized carbons (Fsp3) is 0.667. The Morgan fingerprint density at radius 2 is 1.94 bits per heavy atom. The van der Waals surface area contributed by atoms with Crippen LogP contribution >= 0.6 is 27.5 Å². The molecule has 0 bridgehead atoms. The number of aromatic nitrogens is 2. The van der Waals surface area contributed by atoms with Crippen LogP contribution in [0.1, 0.15) is 37.2 Å². The number of hydrogen-bond donors (Lipinski definition) is 0. The SMILES string of the molecule is COCc1nc(C2(OC)CCCC2)nc(Cl)c1Br. The molecule has 100 valence electrons. The molecular weight excluding hydrogens is 320 g/mol. The van der Waals surface area contributed by atoms with E-state index in [4.69, 9.17) is 21.1 Å². The Balaban J connectivity index is 2.44. The van der Waals surface area contributed by atoms with Gasteiger partial charge in [-0.1, -0.05) is 11.6 Å². The molecule has 1 aliphatic carbocycles. The minimum Gasteiger partial charge on any atom is -0.378 e. The van der Waals surface area contributed by atoms with Crippen molar-refractivity contribution in [2.75, 3.05) is 14.2 Å². The van der Waals surface area contributed by atoms with Crippen LogP contribution in [0, 0.1) is 0 Å². The van der Waals surface area contributed by atoms with Crippen molar-refractivity contribution in [2.45, 2.75) is 37.9 Å². The molecule has 0 spiro atoms. The molecule has 0 saturated heterocycles. The monoisotopic (exact) mass is 334 g/mol. The Kier molecular flexibility index (Phi) is 4.59. The molecule has 0 N–H and O–H groups in total. The van der Waals surface area contributed by atoms with Crippen LogP contribution in [0.5, 0.6) is 0 Å². The lowest BCUT2D eigenvalue weighted by atomic mass is 10.0. The van der Waals surface area contributed by atoms with E-state index in [2.05, 4.69) is 25.9 Å². The third kappa shape index (κ3) is 2.54. The van der Waals surface area contributed by atoms with Gasteiger partial charge in [-0.25, -0.2) is 9.97 Å². The molecule has 0 unspecified atom stereocenters. The van der Waals surface area contributed by atoms with Gasteiger partial charge < -0.3 is 9.47 Å². The van der Waals surface area contributed by atoms with E-state index in [1.807, 2.05) is 0 Å². The topological polar surface area (TPSA) is 44.2 Å². The summed E-state index contributed by atoms with van der Waals surface area (Å²) in [6.07, 6.45) is 4.14. The molecule has 1 fully saturated rings. The van der Waals surface area contributed by atoms with Crippen molar-refractivity contribution < 1.29 is 9.47 Å². The van der Waals surface area contributed by atoms with Gasteiger partial charge in [-0.3, -0.25) is 0 Å². The Morgan fingerprint density at radius 3 is 2.50 bits per heavy atom. The molecule has 1 aromatic heterocycles. The molecule has 1 saturated carbocycles. The molecule has 1 aliphatic rings. The number of hydrogen-bond acceptors (Lipinski definition) is 4. The van der Waals surface area contributed by atoms with Gasteiger partial charge in [0.2, 0.25) is 0 Å². The standard InChI is InChI=1S/C12H16BrClN2O2/c1-17-7-8-9(13)10(14)16-11(15-8)12(18-2)5-3-4-6-12/h3-7H2,1-2H3. The van der Waals surface area contributed by atoms with E-state index in [-0.39, 0.29) is 5.60 Å². The maximum atomic E-state index is 6.14. The molecule has 4 nitrogen and oxygen atoms in total. The molecule has 0 aromatic carbocycles. The average molecular weight is 336 g/mol. The highest BCUT2D eigenvalue weighted by molar-refractivity contribution is 9.10. The highest BCUT2D eigenvalue weighted by Crippen LogP contribution is 2.41. The summed E-state index contributed by atoms with van der Waals surface area (Å²) >= 11 is 9.53. The molecule has 6 heteroatoms. The van der Waals surface area contributed by atoms with Crippen LogP contribution in [0.25, 0.3) is 0 Å². The van der Waals surface area contributed by atoms with E-state index in [9.17, 15) is 0 Å². The minimum atomic E-state index is -0.382. The zero-order valence-corrected chi connectivity index (χ0v) is 12.8. The van der Waals surface area contributed by atoms with E-state index < -0.39 is 0 Å². The molecule has 1 heterocycles. The maximum absolute atomic E-state index is 6.14. The summed E-state index contributed by atoms with van der Waals surface area (Å²) in [6.45, 7) is 0.398. The summed E-state index contributed by atoms with van der Waals surface area (Å²) in [5.41, 5.74) is 0.378. The van der Waals surface area contributed by atoms with Crippen LogP contribution in [0.2, 0.25) is 5.15 Å². The van der Waals surface area contributed by atoms with Crippen molar-refractivity contribution in [3.05, 3.63) is 21.1 Å². The number of nitrogens with zero attached hydrogens (tertiary/aromatic N) is 2. The van der Waals surface area contributed by atoms with Crippen LogP contribution < -0.4 is 0 Å². The Labute approximate surface area is 120 Å². The number of rotatable bonds is 4. The second-order valence-corrected chi connectivity index (χ2v) is 5.59. The minimum absolute atomic E-state index is 0.382. The van der Waals surface area contributed by atoms with Gasteiger partial charge in [-0.2, -0.15) is 0 Å². The number of halogens is 2. The second kappa shape index (κ2) is 5.82. The summed E-state index contributed by atoms with van der Waals surface area (Å²) in [4.78, 5) is 8.92. The van der Waals surface area contributed by atoms with Crippen LogP contribution in [0.15, 0.2) is 4.47 Å². The lowest BCUT2D eigenvalue weighted by Crippen LogP contribution is -2.28. The highest BCUT2D eigenvalue weighted by atomic mass is 79.9. The molecule has 18 heavy (non-hydrogen) atoms. The fourth-order valence-corrected chi connectivity index (χ4v) is 2.85. The van der Waals surface area contributed by atoms with Gasteiger partial charge in [0.05, 0.1) is 16.8 Å². The fourth-order valence-electron chi connectivity index (χ4n) is 2.36. The third-order valence-electron chi connectivity index (χ3n) is 3.37. The quantitative estimate of drug-likeness (QED) is 0.791. The van der Waals surface area contributed by atoms with Crippen LogP contribution in [0.3, 0.4) is 0 Å². The molecule has 0 radical (unpaired) electrons. The summed E-state index contributed by atoms with van der Waals surface area (Å²) < 4.78 is 11.5. The van der Waals surface area contributed by atoms with Crippen molar-refractivity contribution in [1.29, 1.82) is 0 Å². The molecule has 2 rings (SSSR count). The average Bonchev–Trinajstić information content (AvgIpc) is 2.85. The molecule has 0 amide bonds. The zero-order valence-electron chi connectivity index (χ0n) is 10.5. The van der Waals surface area contributed by atoms with Gasteiger partial charge in [0, 0.05) is 14.2 Å². The normalized spacial score (nSPS) is 18.2. The maximum Gasteiger partial charge on any atom is 0.162 e. The van der Waals surface area contributed by atoms with Crippen LogP contribution in [-0.4, -0.2) is 24.2 Å². The molecule has 0 aliphatic heterocycles. The predicted molar refractivity (Wildman–Crippen MR) is 72.6 cm³/mol. The van der Waals surface area contributed by atoms with Gasteiger partial charge >= 0.3 is 0 Å². The van der Waals surface area contributed by atoms with Gasteiger partial charge in [0.1, 0.15) is 10.8 Å². The smallest absolute Gasteiger partial charge is 0.162 e. The van der Waals surface area contributed by atoms with Gasteiger partial charge in [0.25, 0.3) is 0 Å². The first-order valence-electron chi connectivity index (χ1n) is 5.89. The highest BCUT2D eigenvalue weighted by Gasteiger charge is 2.39. The first-order valence-corrected chi connectivity index (χ1v) is 7.06. The Morgan fingerprint density at radius 1 is 1.28 bits per heavy atom. The van der Waals surface area contributed by atoms with Crippen molar-refractivity contribution in [3.63, 3.8) is 0 Å². The van der Waals surface area contributed by atoms with E-state index in [0.29, 0.717) is 22.1 Å². The van der Waals surface area contributed by atoms with E-state index in [0.717, 1.165) is 31.4 Å². The molecular formula is C12H16BrClN2O2. The van der Waals surface area contributed by atoms with Crippen LogP contribution in [-0.2, 0) is 21.7 Å². The van der Waals surface area contributed by atoms with Gasteiger partial charge in [-0.15, -0.1) is 0 Å². The van der Waals surface area contributed by atoms with Gasteiger partial charge in [0.15, 0.2) is 5.82 Å². The summed E-state index contributed by atoms with van der Waals surface area (Å²) in [7, 11) is 3.34. The molecule has 1 aromatic rings. The van der Waals surface area contributed by atoms with E-state index in [1.54, 1.807) is 14.2 Å². The van der Waals surface area contributed by atoms with E-state index in [1.165, 1.54) is 0 Å². The second-order valence-electron chi connectivity index (χ2n) is 4.44. The van der Waals surface area contributed by atoms with E-state index >= 15 is 0 Å². The number of ether oxygens (including phenoxy) is 2. The lowest BCUT2D eigenvalue weighted by molar-refractivity contribution is -0.0167. The zero-order chi connectivity index (χ0) is 13.2. The summed E-state index contributed by atoms with van der Waals surface area (Å²) in [6, 6.07) is 0. The summed E-state index contributed by atoms with van der Waals surface area (Å²) in [5, 5.41) is 0.412. The lowest BCUT2D eigenvalue weighted by Gasteiger charge is -2.26. The predicted octanol–water partition coefficient (Wildman–Crippen LogP) is 3.45. The number of methoxy groups -OCH3 is 2. The van der Waals surface area contributed by atoms with Crippen LogP contribution in [0.4, 0.5) is 0 Å².